The van der Waals surface area contributed by atoms with Gasteiger partial charge in [0.15, 0.2) is 11.5 Å². The number of benzene rings is 2. The van der Waals surface area contributed by atoms with Crippen molar-refractivity contribution >= 4 is 17.7 Å². The third kappa shape index (κ3) is 7.12. The molecule has 0 bridgehead atoms. The molecule has 7 heteroatoms. The Hall–Kier alpha value is -3.87. The van der Waals surface area contributed by atoms with Crippen LogP contribution < -0.4 is 14.4 Å². The molecule has 2 heterocycles. The minimum Gasteiger partial charge on any atom is -0.502 e. The fourth-order valence-electron chi connectivity index (χ4n) is 4.37. The molecule has 1 aliphatic heterocycles. The Morgan fingerprint density at radius 2 is 1.42 bits per heavy atom. The van der Waals surface area contributed by atoms with Crippen molar-refractivity contribution in [1.29, 1.82) is 0 Å². The topological polar surface area (TPSA) is 67.2 Å². The van der Waals surface area contributed by atoms with E-state index < -0.39 is 0 Å². The molecule has 0 atom stereocenters. The molecule has 1 aromatic heterocycles. The van der Waals surface area contributed by atoms with Crippen LogP contribution in [-0.2, 0) is 4.79 Å². The standard InChI is InChI=1S/C31H39N3O4/c1-3-5-21-37-28-23-25(24-29(31(28)36)38-22-6-4-2)9-14-30(35)34-19-17-33(18-20-34)27-12-10-26(11-13-27)32-15-7-8-16-32/h7-16,23-24,36H,3-6,17-22H2,1-2H3. The zero-order valence-corrected chi connectivity index (χ0v) is 22.5. The van der Waals surface area contributed by atoms with Gasteiger partial charge in [-0.15, -0.1) is 0 Å². The SMILES string of the molecule is CCCCOc1cc(C=CC(=O)N2CCN(c3ccc(-n4cccc4)cc3)CC2)cc(OCCCC)c1O. The van der Waals surface area contributed by atoms with E-state index in [0.29, 0.717) is 37.8 Å². The number of phenolic OH excluding ortho intramolecular Hbond substituents is 1. The number of ether oxygens (including phenoxy) is 2. The summed E-state index contributed by atoms with van der Waals surface area (Å²) in [6, 6.07) is 16.1. The van der Waals surface area contributed by atoms with Crippen LogP contribution in [0.25, 0.3) is 11.8 Å². The summed E-state index contributed by atoms with van der Waals surface area (Å²) in [5.41, 5.74) is 3.05. The molecule has 1 fully saturated rings. The molecular weight excluding hydrogens is 478 g/mol. The van der Waals surface area contributed by atoms with Crippen molar-refractivity contribution in [2.75, 3.05) is 44.3 Å². The van der Waals surface area contributed by atoms with Gasteiger partial charge in [0.2, 0.25) is 11.7 Å². The van der Waals surface area contributed by atoms with E-state index in [0.717, 1.165) is 50.0 Å². The molecule has 0 saturated carbocycles. The van der Waals surface area contributed by atoms with E-state index in [1.165, 1.54) is 5.69 Å². The zero-order chi connectivity index (χ0) is 26.7. The number of phenols is 1. The van der Waals surface area contributed by atoms with Crippen molar-refractivity contribution in [3.8, 4) is 22.9 Å². The van der Waals surface area contributed by atoms with Crippen molar-refractivity contribution in [3.05, 3.63) is 72.6 Å². The Labute approximate surface area is 225 Å². The van der Waals surface area contributed by atoms with E-state index in [1.54, 1.807) is 24.3 Å². The smallest absolute Gasteiger partial charge is 0.246 e. The Kier molecular flexibility index (Phi) is 9.73. The van der Waals surface area contributed by atoms with E-state index >= 15 is 0 Å². The average molecular weight is 518 g/mol. The van der Waals surface area contributed by atoms with E-state index in [-0.39, 0.29) is 11.7 Å². The quantitative estimate of drug-likeness (QED) is 0.239. The van der Waals surface area contributed by atoms with Gasteiger partial charge in [0.1, 0.15) is 0 Å². The molecule has 1 aliphatic rings. The van der Waals surface area contributed by atoms with Crippen LogP contribution in [0.3, 0.4) is 0 Å². The summed E-state index contributed by atoms with van der Waals surface area (Å²) in [7, 11) is 0. The fraction of sp³-hybridized carbons (Fsp3) is 0.387. The lowest BCUT2D eigenvalue weighted by Crippen LogP contribution is -2.48. The lowest BCUT2D eigenvalue weighted by molar-refractivity contribution is -0.126. The highest BCUT2D eigenvalue weighted by Crippen LogP contribution is 2.38. The number of amides is 1. The number of rotatable bonds is 12. The van der Waals surface area contributed by atoms with Crippen LogP contribution in [0.1, 0.15) is 45.1 Å². The highest BCUT2D eigenvalue weighted by Gasteiger charge is 2.20. The van der Waals surface area contributed by atoms with Crippen molar-refractivity contribution < 1.29 is 19.4 Å². The number of anilines is 1. The lowest BCUT2D eigenvalue weighted by Gasteiger charge is -2.35. The average Bonchev–Trinajstić information content (AvgIpc) is 3.49. The van der Waals surface area contributed by atoms with Crippen molar-refractivity contribution in [2.45, 2.75) is 39.5 Å². The number of aromatic hydroxyl groups is 1. The van der Waals surface area contributed by atoms with Crippen LogP contribution in [0.5, 0.6) is 17.2 Å². The minimum atomic E-state index is -0.0254. The predicted molar refractivity (Wildman–Crippen MR) is 153 cm³/mol. The second kappa shape index (κ2) is 13.6. The summed E-state index contributed by atoms with van der Waals surface area (Å²) < 4.78 is 13.7. The largest absolute Gasteiger partial charge is 0.502 e. The highest BCUT2D eigenvalue weighted by atomic mass is 16.5. The first-order chi connectivity index (χ1) is 18.6. The van der Waals surface area contributed by atoms with Crippen molar-refractivity contribution in [3.63, 3.8) is 0 Å². The Bertz CT molecular complexity index is 1150. The van der Waals surface area contributed by atoms with Gasteiger partial charge >= 0.3 is 0 Å². The number of aromatic nitrogens is 1. The summed E-state index contributed by atoms with van der Waals surface area (Å²) in [4.78, 5) is 17.1. The summed E-state index contributed by atoms with van der Waals surface area (Å²) in [6.45, 7) is 8.11. The molecule has 0 spiro atoms. The fourth-order valence-corrected chi connectivity index (χ4v) is 4.37. The highest BCUT2D eigenvalue weighted by molar-refractivity contribution is 5.92. The number of hydrogen-bond donors (Lipinski definition) is 1. The van der Waals surface area contributed by atoms with Crippen LogP contribution in [0.4, 0.5) is 5.69 Å². The summed E-state index contributed by atoms with van der Waals surface area (Å²) in [5, 5.41) is 10.6. The number of nitrogens with zero attached hydrogens (tertiary/aromatic N) is 3. The zero-order valence-electron chi connectivity index (χ0n) is 22.5. The molecule has 0 aliphatic carbocycles. The van der Waals surface area contributed by atoms with Gasteiger partial charge < -0.3 is 28.9 Å². The van der Waals surface area contributed by atoms with Gasteiger partial charge in [-0.05, 0) is 73.0 Å². The predicted octanol–water partition coefficient (Wildman–Crippen LogP) is 5.90. The summed E-state index contributed by atoms with van der Waals surface area (Å²) in [5.74, 6) is 0.757. The first-order valence-corrected chi connectivity index (χ1v) is 13.7. The number of piperazine rings is 1. The Morgan fingerprint density at radius 1 is 0.868 bits per heavy atom. The van der Waals surface area contributed by atoms with Crippen LogP contribution >= 0.6 is 0 Å². The first kappa shape index (κ1) is 27.2. The molecule has 1 saturated heterocycles. The van der Waals surface area contributed by atoms with E-state index in [9.17, 15) is 9.90 Å². The second-order valence-electron chi connectivity index (χ2n) is 9.52. The lowest BCUT2D eigenvalue weighted by atomic mass is 10.1. The van der Waals surface area contributed by atoms with Gasteiger partial charge in [0.25, 0.3) is 0 Å². The van der Waals surface area contributed by atoms with E-state index in [4.69, 9.17) is 9.47 Å². The first-order valence-electron chi connectivity index (χ1n) is 13.7. The third-order valence-corrected chi connectivity index (χ3v) is 6.70. The molecule has 2 aromatic carbocycles. The molecule has 1 amide bonds. The van der Waals surface area contributed by atoms with Gasteiger partial charge in [-0.3, -0.25) is 4.79 Å². The Balaban J connectivity index is 1.36. The van der Waals surface area contributed by atoms with E-state index in [1.807, 2.05) is 29.4 Å². The van der Waals surface area contributed by atoms with Crippen molar-refractivity contribution in [2.24, 2.45) is 0 Å². The maximum atomic E-state index is 13.0. The van der Waals surface area contributed by atoms with Crippen molar-refractivity contribution in [1.82, 2.24) is 9.47 Å². The molecule has 7 nitrogen and oxygen atoms in total. The number of hydrogen-bond acceptors (Lipinski definition) is 5. The number of carbonyl (C=O) groups is 1. The summed E-state index contributed by atoms with van der Waals surface area (Å²) in [6.07, 6.45) is 11.2. The Morgan fingerprint density at radius 3 is 1.97 bits per heavy atom. The molecule has 202 valence electrons. The van der Waals surface area contributed by atoms with Gasteiger partial charge in [-0.1, -0.05) is 26.7 Å². The monoisotopic (exact) mass is 517 g/mol. The number of unbranched alkanes of at least 4 members (excludes halogenated alkanes) is 2. The molecule has 4 rings (SSSR count). The van der Waals surface area contributed by atoms with E-state index in [2.05, 4.69) is 47.6 Å². The normalized spacial score (nSPS) is 13.7. The maximum absolute atomic E-state index is 13.0. The third-order valence-electron chi connectivity index (χ3n) is 6.70. The molecule has 0 radical (unpaired) electrons. The summed E-state index contributed by atoms with van der Waals surface area (Å²) >= 11 is 0. The van der Waals surface area contributed by atoms with Gasteiger partial charge in [-0.2, -0.15) is 0 Å². The van der Waals surface area contributed by atoms with Crippen LogP contribution in [0, 0.1) is 0 Å². The number of carbonyl (C=O) groups excluding carboxylic acids is 1. The molecule has 0 unspecified atom stereocenters. The second-order valence-corrected chi connectivity index (χ2v) is 9.52. The maximum Gasteiger partial charge on any atom is 0.246 e. The van der Waals surface area contributed by atoms with Crippen LogP contribution in [0.15, 0.2) is 67.0 Å². The van der Waals surface area contributed by atoms with Crippen LogP contribution in [-0.4, -0.2) is 59.9 Å². The molecule has 1 N–H and O–H groups in total. The van der Waals surface area contributed by atoms with Gasteiger partial charge in [0, 0.05) is 56.0 Å². The molecule has 3 aromatic rings. The van der Waals surface area contributed by atoms with Gasteiger partial charge in [-0.25, -0.2) is 0 Å². The molecule has 38 heavy (non-hydrogen) atoms. The molecular formula is C31H39N3O4. The van der Waals surface area contributed by atoms with Crippen LogP contribution in [0.2, 0.25) is 0 Å². The van der Waals surface area contributed by atoms with Gasteiger partial charge in [0.05, 0.1) is 13.2 Å². The minimum absolute atomic E-state index is 0.0122.